The van der Waals surface area contributed by atoms with Crippen molar-refractivity contribution in [2.45, 2.75) is 12.7 Å². The van der Waals surface area contributed by atoms with Crippen LogP contribution in [0.2, 0.25) is 0 Å². The van der Waals surface area contributed by atoms with Crippen LogP contribution in [0.3, 0.4) is 0 Å². The van der Waals surface area contributed by atoms with Gasteiger partial charge in [0.25, 0.3) is 0 Å². The lowest BCUT2D eigenvalue weighted by Gasteiger charge is -2.14. The fraction of sp³-hybridized carbons (Fsp3) is 0.143. The molecule has 0 aliphatic rings. The number of hydrogen-bond donors (Lipinski definition) is 1. The lowest BCUT2D eigenvalue weighted by molar-refractivity contribution is -0.143. The number of carboxylic acids is 1. The van der Waals surface area contributed by atoms with E-state index < -0.39 is 29.0 Å². The summed E-state index contributed by atoms with van der Waals surface area (Å²) in [5.74, 6) is -1.46. The molecule has 0 saturated heterocycles. The molecule has 0 saturated carbocycles. The van der Waals surface area contributed by atoms with Gasteiger partial charge in [-0.2, -0.15) is 18.4 Å². The number of halogens is 3. The van der Waals surface area contributed by atoms with Crippen molar-refractivity contribution in [2.24, 2.45) is 0 Å². The van der Waals surface area contributed by atoms with Gasteiger partial charge in [0.15, 0.2) is 0 Å². The van der Waals surface area contributed by atoms with Crippen molar-refractivity contribution in [3.05, 3.63) is 70.9 Å². The third-order valence-corrected chi connectivity index (χ3v) is 4.40. The van der Waals surface area contributed by atoms with E-state index >= 15 is 0 Å². The average molecular weight is 400 g/mol. The monoisotopic (exact) mass is 400 g/mol. The molecule has 0 atom stereocenters. The smallest absolute Gasteiger partial charge is 0.432 e. The predicted octanol–water partition coefficient (Wildman–Crippen LogP) is 4.71. The highest BCUT2D eigenvalue weighted by atomic mass is 19.4. The Kier molecular flexibility index (Phi) is 5.33. The first-order chi connectivity index (χ1) is 13.8. The Balaban J connectivity index is 2.44. The quantitative estimate of drug-likeness (QED) is 0.497. The maximum atomic E-state index is 14.1. The summed E-state index contributed by atoms with van der Waals surface area (Å²) in [6, 6.07) is 14.5. The van der Waals surface area contributed by atoms with E-state index in [1.54, 1.807) is 36.4 Å². The molecule has 0 unspecified atom stereocenters. The zero-order valence-corrected chi connectivity index (χ0v) is 15.2. The molecule has 1 heterocycles. The first kappa shape index (κ1) is 20.0. The van der Waals surface area contributed by atoms with Gasteiger partial charge >= 0.3 is 12.1 Å². The Morgan fingerprint density at radius 2 is 1.90 bits per heavy atom. The molecule has 148 valence electrons. The number of hydrogen-bond acceptors (Lipinski definition) is 3. The minimum Gasteiger partial charge on any atom is -0.496 e. The van der Waals surface area contributed by atoms with Gasteiger partial charge in [-0.15, -0.1) is 0 Å². The highest BCUT2D eigenvalue weighted by molar-refractivity contribution is 6.03. The number of aromatic nitrogens is 1. The summed E-state index contributed by atoms with van der Waals surface area (Å²) in [6.07, 6.45) is -4.05. The highest BCUT2D eigenvalue weighted by Crippen LogP contribution is 2.42. The van der Waals surface area contributed by atoms with Crippen LogP contribution in [-0.4, -0.2) is 22.8 Å². The SMILES string of the molecule is COc1cccc2c1c(C=C(C#N)C(=O)O)c(C(F)(F)F)n2Cc1ccccc1. The van der Waals surface area contributed by atoms with Crippen LogP contribution in [0.25, 0.3) is 17.0 Å². The van der Waals surface area contributed by atoms with Crippen LogP contribution in [0.5, 0.6) is 5.75 Å². The number of nitrogens with zero attached hydrogens (tertiary/aromatic N) is 2. The lowest BCUT2D eigenvalue weighted by Crippen LogP contribution is -2.15. The first-order valence-electron chi connectivity index (χ1n) is 8.43. The summed E-state index contributed by atoms with van der Waals surface area (Å²) in [4.78, 5) is 11.3. The van der Waals surface area contributed by atoms with Crippen LogP contribution >= 0.6 is 0 Å². The molecule has 8 heteroatoms. The molecule has 3 rings (SSSR count). The molecular weight excluding hydrogens is 385 g/mol. The van der Waals surface area contributed by atoms with E-state index in [9.17, 15) is 18.0 Å². The van der Waals surface area contributed by atoms with Gasteiger partial charge in [0.2, 0.25) is 0 Å². The number of methoxy groups -OCH3 is 1. The Hall–Kier alpha value is -3.73. The largest absolute Gasteiger partial charge is 0.496 e. The predicted molar refractivity (Wildman–Crippen MR) is 100 cm³/mol. The minimum absolute atomic E-state index is 0.0901. The third kappa shape index (κ3) is 3.80. The molecular formula is C21H15F3N2O3. The van der Waals surface area contributed by atoms with E-state index in [2.05, 4.69) is 0 Å². The van der Waals surface area contributed by atoms with Crippen molar-refractivity contribution < 1.29 is 27.8 Å². The van der Waals surface area contributed by atoms with E-state index in [0.29, 0.717) is 5.56 Å². The van der Waals surface area contributed by atoms with E-state index in [4.69, 9.17) is 15.1 Å². The van der Waals surface area contributed by atoms with Crippen molar-refractivity contribution in [3.8, 4) is 11.8 Å². The van der Waals surface area contributed by atoms with E-state index in [1.807, 2.05) is 0 Å². The molecule has 0 amide bonds. The normalized spacial score (nSPS) is 12.0. The maximum Gasteiger partial charge on any atom is 0.432 e. The number of fused-ring (bicyclic) bond motifs is 1. The molecule has 29 heavy (non-hydrogen) atoms. The van der Waals surface area contributed by atoms with Gasteiger partial charge in [-0.3, -0.25) is 0 Å². The average Bonchev–Trinajstić information content (AvgIpc) is 3.00. The van der Waals surface area contributed by atoms with Crippen LogP contribution < -0.4 is 4.74 Å². The van der Waals surface area contributed by atoms with Gasteiger partial charge in [-0.1, -0.05) is 36.4 Å². The number of carboxylic acid groups (broad SMARTS) is 1. The van der Waals surface area contributed by atoms with Crippen molar-refractivity contribution in [2.75, 3.05) is 7.11 Å². The Morgan fingerprint density at radius 1 is 1.21 bits per heavy atom. The van der Waals surface area contributed by atoms with Crippen LogP contribution in [0.4, 0.5) is 13.2 Å². The summed E-state index contributed by atoms with van der Waals surface area (Å²) in [7, 11) is 1.31. The summed E-state index contributed by atoms with van der Waals surface area (Å²) in [5.41, 5.74) is -1.42. The number of carbonyl (C=O) groups is 1. The topological polar surface area (TPSA) is 75.2 Å². The van der Waals surface area contributed by atoms with Crippen LogP contribution in [-0.2, 0) is 17.5 Å². The van der Waals surface area contributed by atoms with E-state index in [0.717, 1.165) is 10.6 Å². The summed E-state index contributed by atoms with van der Waals surface area (Å²) in [5, 5.41) is 18.3. The molecule has 0 aliphatic heterocycles. The molecule has 0 fully saturated rings. The van der Waals surface area contributed by atoms with Crippen LogP contribution in [0.15, 0.2) is 54.1 Å². The number of ether oxygens (including phenoxy) is 1. The standard InChI is InChI=1S/C21H15F3N2O3/c1-29-17-9-5-8-16-18(17)15(10-14(11-25)20(27)28)19(21(22,23)24)26(16)12-13-6-3-2-4-7-13/h2-10H,12H2,1H3,(H,27,28). The zero-order valence-electron chi connectivity index (χ0n) is 15.2. The van der Waals surface area contributed by atoms with Gasteiger partial charge in [0.05, 0.1) is 12.6 Å². The Bertz CT molecular complexity index is 1140. The summed E-state index contributed by atoms with van der Waals surface area (Å²) < 4.78 is 48.7. The minimum atomic E-state index is -4.80. The highest BCUT2D eigenvalue weighted by Gasteiger charge is 2.39. The zero-order chi connectivity index (χ0) is 21.2. The fourth-order valence-electron chi connectivity index (χ4n) is 3.23. The molecule has 2 aromatic carbocycles. The Morgan fingerprint density at radius 3 is 2.45 bits per heavy atom. The lowest BCUT2D eigenvalue weighted by atomic mass is 10.1. The van der Waals surface area contributed by atoms with Gasteiger partial charge in [0, 0.05) is 17.5 Å². The molecule has 5 nitrogen and oxygen atoms in total. The number of alkyl halides is 3. The number of aliphatic carboxylic acids is 1. The van der Waals surface area contributed by atoms with Crippen molar-refractivity contribution in [1.82, 2.24) is 4.57 Å². The molecule has 0 bridgehead atoms. The molecule has 0 aliphatic carbocycles. The van der Waals surface area contributed by atoms with Gasteiger partial charge in [-0.25, -0.2) is 4.79 Å². The molecule has 0 radical (unpaired) electrons. The molecule has 3 aromatic rings. The second-order valence-corrected chi connectivity index (χ2v) is 6.16. The molecule has 1 aromatic heterocycles. The van der Waals surface area contributed by atoms with Gasteiger partial charge < -0.3 is 14.4 Å². The van der Waals surface area contributed by atoms with Crippen LogP contribution in [0, 0.1) is 11.3 Å². The Labute approximate surface area is 163 Å². The summed E-state index contributed by atoms with van der Waals surface area (Å²) >= 11 is 0. The van der Waals surface area contributed by atoms with Crippen molar-refractivity contribution >= 4 is 22.9 Å². The summed E-state index contributed by atoms with van der Waals surface area (Å²) in [6.45, 7) is -0.0951. The fourth-order valence-corrected chi connectivity index (χ4v) is 3.23. The molecule has 0 spiro atoms. The van der Waals surface area contributed by atoms with E-state index in [-0.39, 0.29) is 23.2 Å². The first-order valence-corrected chi connectivity index (χ1v) is 8.43. The van der Waals surface area contributed by atoms with Gasteiger partial charge in [0.1, 0.15) is 23.1 Å². The third-order valence-electron chi connectivity index (χ3n) is 4.40. The maximum absolute atomic E-state index is 14.1. The molecule has 1 N–H and O–H groups in total. The van der Waals surface area contributed by atoms with Crippen molar-refractivity contribution in [1.29, 1.82) is 5.26 Å². The number of nitriles is 1. The van der Waals surface area contributed by atoms with Gasteiger partial charge in [-0.05, 0) is 23.8 Å². The van der Waals surface area contributed by atoms with Crippen molar-refractivity contribution in [3.63, 3.8) is 0 Å². The second kappa shape index (κ2) is 7.72. The number of rotatable bonds is 5. The van der Waals surface area contributed by atoms with E-state index in [1.165, 1.54) is 25.3 Å². The number of benzene rings is 2. The second-order valence-electron chi connectivity index (χ2n) is 6.16. The van der Waals surface area contributed by atoms with Crippen LogP contribution in [0.1, 0.15) is 16.8 Å².